The van der Waals surface area contributed by atoms with E-state index in [1.165, 1.54) is 27.3 Å². The van der Waals surface area contributed by atoms with Gasteiger partial charge in [0.2, 0.25) is 5.69 Å². The Hall–Kier alpha value is -3.17. The molecular weight excluding hydrogens is 360 g/mol. The fourth-order valence-corrected chi connectivity index (χ4v) is 4.42. The lowest BCUT2D eigenvalue weighted by atomic mass is 10.0. The molecule has 0 unspecified atom stereocenters. The van der Waals surface area contributed by atoms with Gasteiger partial charge in [0.1, 0.15) is 5.71 Å². The van der Waals surface area contributed by atoms with Gasteiger partial charge in [0, 0.05) is 28.4 Å². The third-order valence-electron chi connectivity index (χ3n) is 4.87. The van der Waals surface area contributed by atoms with E-state index in [1.807, 2.05) is 17.8 Å². The zero-order valence-corrected chi connectivity index (χ0v) is 16.1. The molecule has 0 radical (unpaired) electrons. The van der Waals surface area contributed by atoms with Gasteiger partial charge in [-0.05, 0) is 39.7 Å². The Balaban J connectivity index is 1.71. The highest BCUT2D eigenvalue weighted by molar-refractivity contribution is 7.99. The van der Waals surface area contributed by atoms with Gasteiger partial charge in [-0.1, -0.05) is 78.9 Å². The maximum absolute atomic E-state index is 5.04. The molecule has 1 aliphatic heterocycles. The first kappa shape index (κ1) is 17.0. The van der Waals surface area contributed by atoms with Gasteiger partial charge in [-0.15, -0.1) is 0 Å². The van der Waals surface area contributed by atoms with E-state index in [0.717, 1.165) is 17.2 Å². The van der Waals surface area contributed by atoms with Crippen LogP contribution in [0.5, 0.6) is 0 Å². The second kappa shape index (κ2) is 7.45. The Morgan fingerprint density at radius 1 is 0.607 bits per heavy atom. The molecule has 2 nitrogen and oxygen atoms in total. The van der Waals surface area contributed by atoms with Crippen molar-refractivity contribution in [2.45, 2.75) is 5.03 Å². The third kappa shape index (κ3) is 3.25. The SMILES string of the molecule is c1ccc(C2=N[n+]3c(cc(-c4ccccc4)cc3-c3ccccc3)SC2)cc1. The zero-order chi connectivity index (χ0) is 18.8. The van der Waals surface area contributed by atoms with Crippen LogP contribution in [0.3, 0.4) is 0 Å². The van der Waals surface area contributed by atoms with Gasteiger partial charge >= 0.3 is 0 Å². The van der Waals surface area contributed by atoms with Crippen molar-refractivity contribution in [2.75, 3.05) is 5.75 Å². The first-order valence-corrected chi connectivity index (χ1v) is 10.3. The van der Waals surface area contributed by atoms with E-state index in [-0.39, 0.29) is 0 Å². The predicted octanol–water partition coefficient (Wildman–Crippen LogP) is 5.67. The summed E-state index contributed by atoms with van der Waals surface area (Å²) in [6.07, 6.45) is 0. The highest BCUT2D eigenvalue weighted by Gasteiger charge is 2.27. The van der Waals surface area contributed by atoms with Crippen molar-refractivity contribution < 1.29 is 4.68 Å². The van der Waals surface area contributed by atoms with Crippen molar-refractivity contribution in [3.05, 3.63) is 109 Å². The number of thioether (sulfide) groups is 1. The minimum atomic E-state index is 0.872. The van der Waals surface area contributed by atoms with E-state index in [4.69, 9.17) is 5.10 Å². The minimum absolute atomic E-state index is 0.872. The summed E-state index contributed by atoms with van der Waals surface area (Å²) in [6, 6.07) is 36.0. The normalized spacial score (nSPS) is 12.9. The second-order valence-electron chi connectivity index (χ2n) is 6.71. The molecule has 28 heavy (non-hydrogen) atoms. The van der Waals surface area contributed by atoms with E-state index in [0.29, 0.717) is 0 Å². The van der Waals surface area contributed by atoms with Crippen LogP contribution >= 0.6 is 11.8 Å². The summed E-state index contributed by atoms with van der Waals surface area (Å²) in [7, 11) is 0. The standard InChI is InChI=1S/C25H19N2S/c1-4-10-19(11-5-1)22-16-24(21-14-8-3-9-15-21)27-25(17-22)28-18-23(26-27)20-12-6-2-7-13-20/h1-17H,18H2/q+1. The lowest BCUT2D eigenvalue weighted by molar-refractivity contribution is -0.705. The molecule has 0 N–H and O–H groups in total. The van der Waals surface area contributed by atoms with E-state index in [1.54, 1.807) is 0 Å². The van der Waals surface area contributed by atoms with Gasteiger partial charge in [0.05, 0.1) is 5.75 Å². The molecule has 0 spiro atoms. The quantitative estimate of drug-likeness (QED) is 0.419. The van der Waals surface area contributed by atoms with Crippen LogP contribution in [0.1, 0.15) is 5.56 Å². The lowest BCUT2D eigenvalue weighted by Gasteiger charge is -2.13. The summed E-state index contributed by atoms with van der Waals surface area (Å²) in [5, 5.41) is 6.21. The summed E-state index contributed by atoms with van der Waals surface area (Å²) in [5.41, 5.74) is 7.00. The largest absolute Gasteiger partial charge is 0.273 e. The highest BCUT2D eigenvalue weighted by Crippen LogP contribution is 2.30. The number of fused-ring (bicyclic) bond motifs is 1. The molecule has 134 valence electrons. The Morgan fingerprint density at radius 3 is 1.82 bits per heavy atom. The lowest BCUT2D eigenvalue weighted by Crippen LogP contribution is -2.38. The highest BCUT2D eigenvalue weighted by atomic mass is 32.2. The van der Waals surface area contributed by atoms with Gasteiger partial charge in [-0.25, -0.2) is 0 Å². The summed E-state index contributed by atoms with van der Waals surface area (Å²) in [6.45, 7) is 0. The van der Waals surface area contributed by atoms with Crippen LogP contribution in [0, 0.1) is 0 Å². The number of hydrogen-bond acceptors (Lipinski definition) is 2. The van der Waals surface area contributed by atoms with Crippen LogP contribution in [0.4, 0.5) is 0 Å². The van der Waals surface area contributed by atoms with E-state index in [2.05, 4.69) is 102 Å². The van der Waals surface area contributed by atoms with Crippen LogP contribution in [-0.2, 0) is 0 Å². The van der Waals surface area contributed by atoms with Gasteiger partial charge < -0.3 is 0 Å². The molecule has 3 aromatic carbocycles. The summed E-state index contributed by atoms with van der Waals surface area (Å²) in [4.78, 5) is 0. The van der Waals surface area contributed by atoms with Crippen molar-refractivity contribution in [3.63, 3.8) is 0 Å². The summed E-state index contributed by atoms with van der Waals surface area (Å²) in [5.74, 6) is 0.872. The van der Waals surface area contributed by atoms with Crippen molar-refractivity contribution in [2.24, 2.45) is 5.10 Å². The maximum Gasteiger partial charge on any atom is 0.273 e. The molecule has 0 bridgehead atoms. The van der Waals surface area contributed by atoms with Gasteiger partial charge in [-0.3, -0.25) is 0 Å². The number of nitrogens with zero attached hydrogens (tertiary/aromatic N) is 2. The van der Waals surface area contributed by atoms with Gasteiger partial charge in [0.25, 0.3) is 5.03 Å². The predicted molar refractivity (Wildman–Crippen MR) is 117 cm³/mol. The molecule has 3 heteroatoms. The van der Waals surface area contributed by atoms with Crippen molar-refractivity contribution in [1.29, 1.82) is 0 Å². The molecule has 0 atom stereocenters. The van der Waals surface area contributed by atoms with E-state index in [9.17, 15) is 0 Å². The Labute approximate surface area is 169 Å². The number of rotatable bonds is 3. The van der Waals surface area contributed by atoms with Gasteiger partial charge in [-0.2, -0.15) is 0 Å². The Kier molecular flexibility index (Phi) is 4.51. The fourth-order valence-electron chi connectivity index (χ4n) is 3.44. The molecule has 2 heterocycles. The Morgan fingerprint density at radius 2 is 1.18 bits per heavy atom. The molecule has 0 aliphatic carbocycles. The van der Waals surface area contributed by atoms with Crippen molar-refractivity contribution in [1.82, 2.24) is 0 Å². The minimum Gasteiger partial charge on any atom is -0.0622 e. The molecule has 5 rings (SSSR count). The number of aromatic nitrogens is 1. The number of hydrogen-bond donors (Lipinski definition) is 0. The summed E-state index contributed by atoms with van der Waals surface area (Å²) < 4.78 is 2.10. The van der Waals surface area contributed by atoms with Crippen molar-refractivity contribution in [3.8, 4) is 22.4 Å². The van der Waals surface area contributed by atoms with Crippen LogP contribution in [0.25, 0.3) is 22.4 Å². The first-order valence-electron chi connectivity index (χ1n) is 9.35. The number of benzene rings is 3. The van der Waals surface area contributed by atoms with Crippen LogP contribution in [0.2, 0.25) is 0 Å². The molecule has 0 saturated heterocycles. The third-order valence-corrected chi connectivity index (χ3v) is 5.87. The van der Waals surface area contributed by atoms with Crippen molar-refractivity contribution >= 4 is 17.5 Å². The molecule has 0 fully saturated rings. The smallest absolute Gasteiger partial charge is 0.0622 e. The monoisotopic (exact) mass is 379 g/mol. The number of pyridine rings is 1. The molecule has 0 saturated carbocycles. The average Bonchev–Trinajstić information content (AvgIpc) is 2.80. The van der Waals surface area contributed by atoms with Crippen LogP contribution in [-0.4, -0.2) is 11.5 Å². The first-order chi connectivity index (χ1) is 13.9. The zero-order valence-electron chi connectivity index (χ0n) is 15.3. The topological polar surface area (TPSA) is 16.2 Å². The van der Waals surface area contributed by atoms with Gasteiger partial charge in [0.15, 0.2) is 0 Å². The van der Waals surface area contributed by atoms with Crippen LogP contribution in [0.15, 0.2) is 113 Å². The second-order valence-corrected chi connectivity index (χ2v) is 7.71. The molecule has 4 aromatic rings. The van der Waals surface area contributed by atoms with Crippen LogP contribution < -0.4 is 4.68 Å². The Bertz CT molecular complexity index is 1140. The molecular formula is C25H19N2S+. The molecule has 1 aliphatic rings. The van der Waals surface area contributed by atoms with E-state index >= 15 is 0 Å². The maximum atomic E-state index is 5.04. The molecule has 0 amide bonds. The molecule has 1 aromatic heterocycles. The summed E-state index contributed by atoms with van der Waals surface area (Å²) >= 11 is 1.84. The average molecular weight is 380 g/mol. The fraction of sp³-hybridized carbons (Fsp3) is 0.0400. The van der Waals surface area contributed by atoms with E-state index < -0.39 is 0 Å².